The number of benzene rings is 1. The summed E-state index contributed by atoms with van der Waals surface area (Å²) >= 11 is 5.93. The Bertz CT molecular complexity index is 788. The molecule has 184 valence electrons. The summed E-state index contributed by atoms with van der Waals surface area (Å²) in [6.45, 7) is 3.71. The van der Waals surface area contributed by atoms with Crippen molar-refractivity contribution in [1.29, 1.82) is 0 Å². The normalized spacial score (nSPS) is 24.1. The first-order valence-electron chi connectivity index (χ1n) is 11.4. The molecule has 5 nitrogen and oxygen atoms in total. The van der Waals surface area contributed by atoms with Crippen LogP contribution in [0.15, 0.2) is 48.6 Å². The molecule has 0 radical (unpaired) electrons. The highest BCUT2D eigenvalue weighted by Crippen LogP contribution is 2.40. The van der Waals surface area contributed by atoms with Gasteiger partial charge in [-0.1, -0.05) is 42.0 Å². The van der Waals surface area contributed by atoms with Crippen LogP contribution in [0, 0.1) is 11.8 Å². The Morgan fingerprint density at radius 3 is 2.85 bits per heavy atom. The lowest BCUT2D eigenvalue weighted by Gasteiger charge is -2.21. The zero-order chi connectivity index (χ0) is 24.2. The third-order valence-electron chi connectivity index (χ3n) is 5.49. The number of rotatable bonds is 13. The zero-order valence-electron chi connectivity index (χ0n) is 19.2. The van der Waals surface area contributed by atoms with Crippen LogP contribution in [0.3, 0.4) is 0 Å². The van der Waals surface area contributed by atoms with E-state index in [1.54, 1.807) is 36.4 Å². The fourth-order valence-electron chi connectivity index (χ4n) is 3.91. The van der Waals surface area contributed by atoms with Gasteiger partial charge in [-0.3, -0.25) is 4.79 Å². The van der Waals surface area contributed by atoms with Gasteiger partial charge in [0.15, 0.2) is 0 Å². The van der Waals surface area contributed by atoms with E-state index in [0.29, 0.717) is 36.5 Å². The quantitative estimate of drug-likeness (QED) is 0.159. The third kappa shape index (κ3) is 10.1. The SMILES string of the molecule is CC(C)OC(=O)CCC/C=C\C[C@H]1C(OP)CC(F)[C@@H]1/C=C/C(O)COc1cccc(Cl)c1. The number of unbranched alkanes of at least 4 members (excludes halogenated alkanes) is 1. The summed E-state index contributed by atoms with van der Waals surface area (Å²) in [6, 6.07) is 6.94. The van der Waals surface area contributed by atoms with Gasteiger partial charge in [0.1, 0.15) is 24.6 Å². The highest BCUT2D eigenvalue weighted by Gasteiger charge is 2.41. The van der Waals surface area contributed by atoms with Crippen LogP contribution < -0.4 is 4.74 Å². The Morgan fingerprint density at radius 2 is 2.15 bits per heavy atom. The van der Waals surface area contributed by atoms with Crippen molar-refractivity contribution in [2.24, 2.45) is 11.8 Å². The number of aliphatic hydroxyl groups excluding tert-OH is 1. The second-order valence-corrected chi connectivity index (χ2v) is 9.23. The predicted octanol–water partition coefficient (Wildman–Crippen LogP) is 5.85. The van der Waals surface area contributed by atoms with Gasteiger partial charge in [-0.25, -0.2) is 4.39 Å². The molecule has 0 aliphatic heterocycles. The summed E-state index contributed by atoms with van der Waals surface area (Å²) in [7, 11) is 2.24. The molecule has 1 saturated carbocycles. The Labute approximate surface area is 203 Å². The topological polar surface area (TPSA) is 65.0 Å². The van der Waals surface area contributed by atoms with Crippen molar-refractivity contribution in [3.8, 4) is 5.75 Å². The number of ether oxygens (including phenoxy) is 2. The molecule has 1 N–H and O–H groups in total. The number of aliphatic hydroxyl groups is 1. The second kappa shape index (κ2) is 14.7. The number of carbonyl (C=O) groups excluding carboxylic acids is 1. The Morgan fingerprint density at radius 1 is 1.36 bits per heavy atom. The van der Waals surface area contributed by atoms with E-state index in [9.17, 15) is 14.3 Å². The molecule has 0 amide bonds. The average Bonchev–Trinajstić information content (AvgIpc) is 3.07. The zero-order valence-corrected chi connectivity index (χ0v) is 21.1. The highest BCUT2D eigenvalue weighted by atomic mass is 35.5. The summed E-state index contributed by atoms with van der Waals surface area (Å²) in [5, 5.41) is 10.8. The first-order valence-corrected chi connectivity index (χ1v) is 12.2. The number of hydrogen-bond donors (Lipinski definition) is 1. The Balaban J connectivity index is 1.83. The van der Waals surface area contributed by atoms with Crippen molar-refractivity contribution < 1.29 is 28.3 Å². The van der Waals surface area contributed by atoms with E-state index in [0.717, 1.165) is 6.42 Å². The molecule has 0 saturated heterocycles. The standard InChI is InChI=1S/C25H35ClFO5P/c1-17(2)31-25(29)11-6-4-3-5-10-22-21(23(27)15-24(22)32-33)13-12-19(28)16-30-20-9-7-8-18(26)14-20/h3,5,7-9,12-14,17,19,21-24,28H,4,6,10-11,15-16,33H2,1-2H3/b5-3-,13-12+/t19?,21-,22-,23?,24?/m1/s1. The number of hydrogen-bond acceptors (Lipinski definition) is 5. The molecular formula is C25H35ClFO5P. The van der Waals surface area contributed by atoms with Gasteiger partial charge in [0.05, 0.1) is 12.2 Å². The lowest BCUT2D eigenvalue weighted by atomic mass is 9.90. The summed E-state index contributed by atoms with van der Waals surface area (Å²) in [4.78, 5) is 11.6. The van der Waals surface area contributed by atoms with Crippen LogP contribution in [0.1, 0.15) is 46.0 Å². The molecule has 1 fully saturated rings. The van der Waals surface area contributed by atoms with Gasteiger partial charge in [-0.15, -0.1) is 0 Å². The van der Waals surface area contributed by atoms with Gasteiger partial charge in [0.2, 0.25) is 0 Å². The third-order valence-corrected chi connectivity index (χ3v) is 6.07. The maximum atomic E-state index is 14.7. The van der Waals surface area contributed by atoms with E-state index in [1.165, 1.54) is 0 Å². The number of carbonyl (C=O) groups is 1. The molecule has 2 rings (SSSR count). The first-order chi connectivity index (χ1) is 15.8. The molecule has 1 aromatic rings. The lowest BCUT2D eigenvalue weighted by molar-refractivity contribution is -0.147. The Kier molecular flexibility index (Phi) is 12.4. The first kappa shape index (κ1) is 27.8. The molecule has 0 aromatic heterocycles. The van der Waals surface area contributed by atoms with Crippen molar-refractivity contribution in [3.05, 3.63) is 53.6 Å². The van der Waals surface area contributed by atoms with Crippen LogP contribution in [0.5, 0.6) is 5.75 Å². The summed E-state index contributed by atoms with van der Waals surface area (Å²) in [6.07, 6.45) is 7.95. The van der Waals surface area contributed by atoms with Crippen molar-refractivity contribution in [1.82, 2.24) is 0 Å². The molecule has 6 atom stereocenters. The molecule has 0 spiro atoms. The van der Waals surface area contributed by atoms with Crippen LogP contribution in [0.2, 0.25) is 5.02 Å². The molecule has 4 unspecified atom stereocenters. The van der Waals surface area contributed by atoms with E-state index in [-0.39, 0.29) is 36.6 Å². The highest BCUT2D eigenvalue weighted by molar-refractivity contribution is 7.09. The van der Waals surface area contributed by atoms with Gasteiger partial charge in [0, 0.05) is 33.2 Å². The fraction of sp³-hybridized carbons (Fsp3) is 0.560. The van der Waals surface area contributed by atoms with Crippen LogP contribution in [0.4, 0.5) is 4.39 Å². The summed E-state index contributed by atoms with van der Waals surface area (Å²) in [5.41, 5.74) is 0. The predicted molar refractivity (Wildman–Crippen MR) is 132 cm³/mol. The molecule has 1 aromatic carbocycles. The van der Waals surface area contributed by atoms with Gasteiger partial charge in [0.25, 0.3) is 0 Å². The number of alkyl halides is 1. The molecule has 8 heteroatoms. The maximum Gasteiger partial charge on any atom is 0.306 e. The van der Waals surface area contributed by atoms with Gasteiger partial charge in [-0.2, -0.15) is 0 Å². The minimum atomic E-state index is -1.04. The van der Waals surface area contributed by atoms with Crippen molar-refractivity contribution in [3.63, 3.8) is 0 Å². The lowest BCUT2D eigenvalue weighted by Crippen LogP contribution is -2.21. The van der Waals surface area contributed by atoms with E-state index < -0.39 is 12.3 Å². The minimum absolute atomic E-state index is 0.0445. The van der Waals surface area contributed by atoms with Crippen LogP contribution in [0.25, 0.3) is 0 Å². The monoisotopic (exact) mass is 500 g/mol. The summed E-state index contributed by atoms with van der Waals surface area (Å²) < 4.78 is 30.8. The van der Waals surface area contributed by atoms with Crippen molar-refractivity contribution in [2.45, 2.75) is 70.4 Å². The van der Waals surface area contributed by atoms with E-state index >= 15 is 0 Å². The molecule has 1 aliphatic rings. The smallest absolute Gasteiger partial charge is 0.306 e. The van der Waals surface area contributed by atoms with Gasteiger partial charge in [-0.05, 0) is 57.2 Å². The Hall–Kier alpha value is -1.46. The molecule has 33 heavy (non-hydrogen) atoms. The average molecular weight is 501 g/mol. The summed E-state index contributed by atoms with van der Waals surface area (Å²) in [5.74, 6) is -0.0239. The number of halogens is 2. The van der Waals surface area contributed by atoms with Crippen molar-refractivity contribution >= 4 is 27.0 Å². The minimum Gasteiger partial charge on any atom is -0.491 e. The molecule has 0 bridgehead atoms. The number of esters is 1. The van der Waals surface area contributed by atoms with E-state index in [1.807, 2.05) is 26.0 Å². The fourth-order valence-corrected chi connectivity index (χ4v) is 4.40. The largest absolute Gasteiger partial charge is 0.491 e. The van der Waals surface area contributed by atoms with Gasteiger partial charge < -0.3 is 19.1 Å². The maximum absolute atomic E-state index is 14.7. The van der Waals surface area contributed by atoms with Gasteiger partial charge >= 0.3 is 5.97 Å². The molecule has 1 aliphatic carbocycles. The van der Waals surface area contributed by atoms with E-state index in [4.69, 9.17) is 25.6 Å². The van der Waals surface area contributed by atoms with Crippen molar-refractivity contribution in [2.75, 3.05) is 6.61 Å². The number of allylic oxidation sites excluding steroid dienone is 3. The van der Waals surface area contributed by atoms with E-state index in [2.05, 4.69) is 9.47 Å². The molecule has 0 heterocycles. The second-order valence-electron chi connectivity index (χ2n) is 8.53. The molecular weight excluding hydrogens is 466 g/mol. The van der Waals surface area contributed by atoms with Crippen LogP contribution in [-0.2, 0) is 14.1 Å². The van der Waals surface area contributed by atoms with Crippen LogP contribution >= 0.6 is 21.1 Å². The van der Waals surface area contributed by atoms with Crippen LogP contribution in [-0.4, -0.2) is 42.2 Å².